The van der Waals surface area contributed by atoms with Crippen molar-refractivity contribution in [2.24, 2.45) is 5.92 Å². The van der Waals surface area contributed by atoms with Crippen LogP contribution in [0.25, 0.3) is 0 Å². The highest BCUT2D eigenvalue weighted by molar-refractivity contribution is 14.1. The molecule has 1 unspecified atom stereocenters. The SMILES string of the molecule is CCCCC(CC)COCC(=O)c1ccc(I)cc1. The van der Waals surface area contributed by atoms with E-state index in [0.717, 1.165) is 15.6 Å². The number of halogens is 1. The van der Waals surface area contributed by atoms with Gasteiger partial charge in [-0.2, -0.15) is 0 Å². The first-order valence-corrected chi connectivity index (χ1v) is 8.11. The molecule has 106 valence electrons. The largest absolute Gasteiger partial charge is 0.373 e. The Morgan fingerprint density at radius 1 is 1.26 bits per heavy atom. The molecule has 0 aromatic heterocycles. The standard InChI is InChI=1S/C16H23IO2/c1-3-5-6-13(4-2)11-19-12-16(18)14-7-9-15(17)10-8-14/h7-10,13H,3-6,11-12H2,1-2H3. The lowest BCUT2D eigenvalue weighted by Crippen LogP contribution is -2.15. The van der Waals surface area contributed by atoms with E-state index in [1.165, 1.54) is 19.3 Å². The monoisotopic (exact) mass is 374 g/mol. The molecule has 0 spiro atoms. The van der Waals surface area contributed by atoms with Crippen molar-refractivity contribution in [2.75, 3.05) is 13.2 Å². The average molecular weight is 374 g/mol. The summed E-state index contributed by atoms with van der Waals surface area (Å²) in [7, 11) is 0. The Bertz CT molecular complexity index is 373. The molecule has 1 atom stereocenters. The molecule has 0 aliphatic carbocycles. The molecule has 0 bridgehead atoms. The molecule has 0 aliphatic rings. The number of hydrogen-bond donors (Lipinski definition) is 0. The molecule has 0 aliphatic heterocycles. The van der Waals surface area contributed by atoms with Gasteiger partial charge in [-0.25, -0.2) is 0 Å². The lowest BCUT2D eigenvalue weighted by molar-refractivity contribution is 0.0658. The summed E-state index contributed by atoms with van der Waals surface area (Å²) in [6, 6.07) is 7.62. The minimum Gasteiger partial charge on any atom is -0.373 e. The summed E-state index contributed by atoms with van der Waals surface area (Å²) in [5, 5.41) is 0. The molecular weight excluding hydrogens is 351 g/mol. The zero-order chi connectivity index (χ0) is 14.1. The van der Waals surface area contributed by atoms with Gasteiger partial charge in [0.05, 0.1) is 0 Å². The molecule has 0 amide bonds. The van der Waals surface area contributed by atoms with Crippen molar-refractivity contribution in [1.82, 2.24) is 0 Å². The summed E-state index contributed by atoms with van der Waals surface area (Å²) in [5.41, 5.74) is 0.738. The first-order valence-electron chi connectivity index (χ1n) is 7.03. The molecular formula is C16H23IO2. The van der Waals surface area contributed by atoms with Crippen molar-refractivity contribution < 1.29 is 9.53 Å². The summed E-state index contributed by atoms with van der Waals surface area (Å²) >= 11 is 2.23. The van der Waals surface area contributed by atoms with Crippen LogP contribution in [0.5, 0.6) is 0 Å². The molecule has 2 nitrogen and oxygen atoms in total. The van der Waals surface area contributed by atoms with E-state index in [0.29, 0.717) is 12.5 Å². The number of unbranched alkanes of at least 4 members (excludes halogenated alkanes) is 1. The predicted molar refractivity (Wildman–Crippen MR) is 87.6 cm³/mol. The number of carbonyl (C=O) groups is 1. The average Bonchev–Trinajstić information content (AvgIpc) is 2.43. The summed E-state index contributed by atoms with van der Waals surface area (Å²) in [6.07, 6.45) is 4.79. The smallest absolute Gasteiger partial charge is 0.188 e. The second-order valence-electron chi connectivity index (χ2n) is 4.86. The molecule has 0 heterocycles. The van der Waals surface area contributed by atoms with Gasteiger partial charge in [0.1, 0.15) is 6.61 Å². The zero-order valence-corrected chi connectivity index (χ0v) is 14.0. The van der Waals surface area contributed by atoms with Crippen LogP contribution >= 0.6 is 22.6 Å². The van der Waals surface area contributed by atoms with Gasteiger partial charge in [-0.3, -0.25) is 4.79 Å². The van der Waals surface area contributed by atoms with Gasteiger partial charge in [-0.05, 0) is 47.1 Å². The van der Waals surface area contributed by atoms with Crippen LogP contribution in [0.4, 0.5) is 0 Å². The van der Waals surface area contributed by atoms with Crippen molar-refractivity contribution >= 4 is 28.4 Å². The zero-order valence-electron chi connectivity index (χ0n) is 11.8. The van der Waals surface area contributed by atoms with Gasteiger partial charge in [-0.15, -0.1) is 0 Å². The van der Waals surface area contributed by atoms with Crippen LogP contribution in [0, 0.1) is 9.49 Å². The van der Waals surface area contributed by atoms with Gasteiger partial charge >= 0.3 is 0 Å². The fourth-order valence-electron chi connectivity index (χ4n) is 1.94. The van der Waals surface area contributed by atoms with Crippen LogP contribution < -0.4 is 0 Å². The molecule has 19 heavy (non-hydrogen) atoms. The number of rotatable bonds is 9. The van der Waals surface area contributed by atoms with Crippen molar-refractivity contribution in [1.29, 1.82) is 0 Å². The highest BCUT2D eigenvalue weighted by Gasteiger charge is 2.09. The number of hydrogen-bond acceptors (Lipinski definition) is 2. The Balaban J connectivity index is 2.31. The van der Waals surface area contributed by atoms with Gasteiger partial charge < -0.3 is 4.74 Å². The van der Waals surface area contributed by atoms with Gasteiger partial charge in [0.25, 0.3) is 0 Å². The Labute approximate surface area is 130 Å². The van der Waals surface area contributed by atoms with E-state index in [9.17, 15) is 4.79 Å². The molecule has 0 saturated heterocycles. The molecule has 0 saturated carbocycles. The third-order valence-corrected chi connectivity index (χ3v) is 4.02. The Morgan fingerprint density at radius 2 is 1.95 bits per heavy atom. The van der Waals surface area contributed by atoms with E-state index in [-0.39, 0.29) is 12.4 Å². The topological polar surface area (TPSA) is 26.3 Å². The second-order valence-corrected chi connectivity index (χ2v) is 6.11. The van der Waals surface area contributed by atoms with Crippen molar-refractivity contribution in [3.8, 4) is 0 Å². The number of ketones is 1. The summed E-state index contributed by atoms with van der Waals surface area (Å²) < 4.78 is 6.72. The van der Waals surface area contributed by atoms with E-state index < -0.39 is 0 Å². The Kier molecular flexibility index (Phi) is 8.30. The van der Waals surface area contributed by atoms with Crippen LogP contribution in [0.3, 0.4) is 0 Å². The highest BCUT2D eigenvalue weighted by Crippen LogP contribution is 2.13. The fraction of sp³-hybridized carbons (Fsp3) is 0.562. The van der Waals surface area contributed by atoms with E-state index in [4.69, 9.17) is 4.74 Å². The quantitative estimate of drug-likeness (QED) is 0.462. The molecule has 1 rings (SSSR count). The van der Waals surface area contributed by atoms with Crippen molar-refractivity contribution in [3.05, 3.63) is 33.4 Å². The maximum Gasteiger partial charge on any atom is 0.188 e. The predicted octanol–water partition coefficient (Wildman–Crippen LogP) is 4.71. The van der Waals surface area contributed by atoms with Gasteiger partial charge in [0.2, 0.25) is 0 Å². The van der Waals surface area contributed by atoms with E-state index in [1.54, 1.807) is 0 Å². The van der Waals surface area contributed by atoms with Crippen LogP contribution in [-0.2, 0) is 4.74 Å². The van der Waals surface area contributed by atoms with E-state index in [1.807, 2.05) is 24.3 Å². The normalized spacial score (nSPS) is 12.4. The third kappa shape index (κ3) is 6.52. The van der Waals surface area contributed by atoms with Crippen LogP contribution in [0.15, 0.2) is 24.3 Å². The Hall–Kier alpha value is -0.420. The highest BCUT2D eigenvalue weighted by atomic mass is 127. The minimum absolute atomic E-state index is 0.0711. The van der Waals surface area contributed by atoms with Gasteiger partial charge in [0.15, 0.2) is 5.78 Å². The lowest BCUT2D eigenvalue weighted by atomic mass is 10.0. The van der Waals surface area contributed by atoms with Crippen LogP contribution in [0.2, 0.25) is 0 Å². The number of ether oxygens (including phenoxy) is 1. The van der Waals surface area contributed by atoms with Crippen LogP contribution in [-0.4, -0.2) is 19.0 Å². The summed E-state index contributed by atoms with van der Waals surface area (Å²) in [4.78, 5) is 11.9. The minimum atomic E-state index is 0.0711. The van der Waals surface area contributed by atoms with E-state index >= 15 is 0 Å². The Morgan fingerprint density at radius 3 is 2.53 bits per heavy atom. The molecule has 0 N–H and O–H groups in total. The first kappa shape index (κ1) is 16.6. The lowest BCUT2D eigenvalue weighted by Gasteiger charge is -2.14. The first-order chi connectivity index (χ1) is 9.17. The third-order valence-electron chi connectivity index (χ3n) is 3.30. The number of benzene rings is 1. The molecule has 1 aromatic rings. The van der Waals surface area contributed by atoms with Crippen molar-refractivity contribution in [3.63, 3.8) is 0 Å². The van der Waals surface area contributed by atoms with Crippen molar-refractivity contribution in [2.45, 2.75) is 39.5 Å². The number of carbonyl (C=O) groups excluding carboxylic acids is 1. The maximum atomic E-state index is 11.9. The van der Waals surface area contributed by atoms with Gasteiger partial charge in [-0.1, -0.05) is 45.2 Å². The molecule has 3 heteroatoms. The summed E-state index contributed by atoms with van der Waals surface area (Å²) in [5.74, 6) is 0.659. The van der Waals surface area contributed by atoms with Crippen LogP contribution in [0.1, 0.15) is 49.9 Å². The van der Waals surface area contributed by atoms with E-state index in [2.05, 4.69) is 36.4 Å². The number of Topliss-reactive ketones (excluding diaryl/α,β-unsaturated/α-hetero) is 1. The summed E-state index contributed by atoms with van der Waals surface area (Å²) in [6.45, 7) is 5.29. The second kappa shape index (κ2) is 9.48. The fourth-order valence-corrected chi connectivity index (χ4v) is 2.30. The van der Waals surface area contributed by atoms with Gasteiger partial charge in [0, 0.05) is 15.7 Å². The molecule has 1 aromatic carbocycles. The molecule has 0 radical (unpaired) electrons. The molecule has 0 fully saturated rings. The maximum absolute atomic E-state index is 11.9.